The molecule has 8 N–H and O–H groups in total. The highest BCUT2D eigenvalue weighted by Crippen LogP contribution is 2.40. The van der Waals surface area contributed by atoms with Crippen molar-refractivity contribution in [2.24, 2.45) is 17.8 Å². The molecule has 0 spiro atoms. The van der Waals surface area contributed by atoms with E-state index in [4.69, 9.17) is 0 Å². The van der Waals surface area contributed by atoms with Gasteiger partial charge in [-0.05, 0) is 71.1 Å². The van der Waals surface area contributed by atoms with Crippen LogP contribution >= 0.6 is 0 Å². The first-order valence-corrected chi connectivity index (χ1v) is 11.6. The van der Waals surface area contributed by atoms with Crippen LogP contribution in [0.2, 0.25) is 0 Å². The maximum absolute atomic E-state index is 15.3. The van der Waals surface area contributed by atoms with Crippen molar-refractivity contribution in [2.45, 2.75) is 121 Å². The summed E-state index contributed by atoms with van der Waals surface area (Å²) < 4.78 is 15.3. The van der Waals surface area contributed by atoms with Gasteiger partial charge in [0.05, 0.1) is 35.1 Å². The first-order chi connectivity index (χ1) is 14.4. The molecule has 10 atom stereocenters. The summed E-state index contributed by atoms with van der Waals surface area (Å²) in [5.41, 5.74) is -5.28. The number of hydrogen-bond acceptors (Lipinski definition) is 8. The van der Waals surface area contributed by atoms with Crippen LogP contribution < -0.4 is 0 Å². The van der Waals surface area contributed by atoms with Gasteiger partial charge in [0.25, 0.3) is 0 Å². The molecule has 1 aliphatic rings. The largest absolute Gasteiger partial charge is 0.396 e. The van der Waals surface area contributed by atoms with Crippen LogP contribution in [0.15, 0.2) is 0 Å². The molecular weight excluding hydrogens is 423 g/mol. The van der Waals surface area contributed by atoms with Gasteiger partial charge in [-0.3, -0.25) is 0 Å². The standard InChI is InChI=1S/C23H45FO8/c1-13(18(27)14(2)26)9-23(32,12-22(5,31)11-21(3,4)30)20(29)17(24)19(28)16-7-6-15(8-16)10-25/h13-20,25-32H,6-12H2,1-5H3. The molecule has 10 unspecified atom stereocenters. The highest BCUT2D eigenvalue weighted by molar-refractivity contribution is 5.01. The normalized spacial score (nSPS) is 29.4. The lowest BCUT2D eigenvalue weighted by molar-refractivity contribution is -0.181. The van der Waals surface area contributed by atoms with Crippen LogP contribution in [0, 0.1) is 17.8 Å². The Morgan fingerprint density at radius 1 is 0.938 bits per heavy atom. The lowest BCUT2D eigenvalue weighted by atomic mass is 9.72. The summed E-state index contributed by atoms with van der Waals surface area (Å²) in [6, 6.07) is 0. The topological polar surface area (TPSA) is 162 Å². The Bertz CT molecular complexity index is 567. The van der Waals surface area contributed by atoms with Crippen LogP contribution in [0.25, 0.3) is 0 Å². The summed E-state index contributed by atoms with van der Waals surface area (Å²) >= 11 is 0. The molecule has 8 nitrogen and oxygen atoms in total. The average molecular weight is 469 g/mol. The molecule has 0 saturated heterocycles. The maximum atomic E-state index is 15.3. The van der Waals surface area contributed by atoms with Gasteiger partial charge in [0.15, 0.2) is 6.17 Å². The van der Waals surface area contributed by atoms with E-state index in [0.717, 1.165) is 0 Å². The summed E-state index contributed by atoms with van der Waals surface area (Å²) in [4.78, 5) is 0. The Morgan fingerprint density at radius 3 is 1.94 bits per heavy atom. The predicted molar refractivity (Wildman–Crippen MR) is 117 cm³/mol. The molecule has 1 fully saturated rings. The van der Waals surface area contributed by atoms with Crippen molar-refractivity contribution in [3.63, 3.8) is 0 Å². The van der Waals surface area contributed by atoms with Gasteiger partial charge in [0, 0.05) is 19.4 Å². The number of aliphatic hydroxyl groups excluding tert-OH is 5. The number of rotatable bonds is 13. The predicted octanol–water partition coefficient (Wildman–Crippen LogP) is 0.256. The third-order valence-corrected chi connectivity index (χ3v) is 6.75. The Labute approximate surface area is 190 Å². The monoisotopic (exact) mass is 468 g/mol. The van der Waals surface area contributed by atoms with Gasteiger partial charge >= 0.3 is 0 Å². The molecule has 1 saturated carbocycles. The highest BCUT2D eigenvalue weighted by Gasteiger charge is 2.50. The Morgan fingerprint density at radius 2 is 1.50 bits per heavy atom. The molecule has 0 aromatic rings. The van der Waals surface area contributed by atoms with Crippen molar-refractivity contribution in [1.29, 1.82) is 0 Å². The van der Waals surface area contributed by atoms with Crippen molar-refractivity contribution in [2.75, 3.05) is 6.61 Å². The van der Waals surface area contributed by atoms with Crippen LogP contribution in [0.3, 0.4) is 0 Å². The Kier molecular flexibility index (Phi) is 10.5. The first kappa shape index (κ1) is 29.6. The fourth-order valence-electron chi connectivity index (χ4n) is 5.44. The fourth-order valence-corrected chi connectivity index (χ4v) is 5.44. The quantitative estimate of drug-likeness (QED) is 0.191. The summed E-state index contributed by atoms with van der Waals surface area (Å²) in [7, 11) is 0. The molecule has 1 rings (SSSR count). The van der Waals surface area contributed by atoms with E-state index in [-0.39, 0.29) is 25.4 Å². The minimum absolute atomic E-state index is 0.0494. The summed E-state index contributed by atoms with van der Waals surface area (Å²) in [5, 5.41) is 83.0. The number of alkyl halides is 1. The third kappa shape index (κ3) is 8.43. The zero-order valence-corrected chi connectivity index (χ0v) is 20.0. The molecule has 0 heterocycles. The van der Waals surface area contributed by atoms with Crippen molar-refractivity contribution in [1.82, 2.24) is 0 Å². The van der Waals surface area contributed by atoms with Crippen molar-refractivity contribution in [3.05, 3.63) is 0 Å². The number of halogens is 1. The molecule has 9 heteroatoms. The second kappa shape index (κ2) is 11.4. The van der Waals surface area contributed by atoms with Crippen molar-refractivity contribution in [3.8, 4) is 0 Å². The van der Waals surface area contributed by atoms with Gasteiger partial charge in [-0.1, -0.05) is 6.92 Å². The maximum Gasteiger partial charge on any atom is 0.155 e. The van der Waals surface area contributed by atoms with Crippen LogP contribution in [-0.2, 0) is 0 Å². The molecule has 0 amide bonds. The van der Waals surface area contributed by atoms with Gasteiger partial charge in [-0.2, -0.15) is 0 Å². The Hall–Kier alpha value is -0.390. The molecule has 0 aromatic heterocycles. The van der Waals surface area contributed by atoms with Crippen LogP contribution in [0.4, 0.5) is 4.39 Å². The van der Waals surface area contributed by atoms with Crippen LogP contribution in [-0.4, -0.2) is 94.8 Å². The van der Waals surface area contributed by atoms with Gasteiger partial charge in [0.1, 0.15) is 6.10 Å². The summed E-state index contributed by atoms with van der Waals surface area (Å²) in [6.07, 6.45) is -7.88. The van der Waals surface area contributed by atoms with Gasteiger partial charge in [-0.15, -0.1) is 0 Å². The lowest BCUT2D eigenvalue weighted by Gasteiger charge is -2.44. The molecule has 0 aliphatic heterocycles. The second-order valence-corrected chi connectivity index (χ2v) is 11.2. The average Bonchev–Trinajstić information content (AvgIpc) is 3.11. The molecule has 32 heavy (non-hydrogen) atoms. The van der Waals surface area contributed by atoms with E-state index >= 15 is 4.39 Å². The van der Waals surface area contributed by atoms with Gasteiger partial charge in [-0.25, -0.2) is 4.39 Å². The van der Waals surface area contributed by atoms with E-state index in [1.54, 1.807) is 0 Å². The summed E-state index contributed by atoms with van der Waals surface area (Å²) in [6.45, 7) is 7.10. The zero-order valence-electron chi connectivity index (χ0n) is 20.0. The second-order valence-electron chi connectivity index (χ2n) is 11.2. The van der Waals surface area contributed by atoms with E-state index in [2.05, 4.69) is 0 Å². The van der Waals surface area contributed by atoms with E-state index in [9.17, 15) is 40.9 Å². The van der Waals surface area contributed by atoms with Crippen LogP contribution in [0.5, 0.6) is 0 Å². The highest BCUT2D eigenvalue weighted by atomic mass is 19.1. The minimum atomic E-state index is -2.26. The number of hydrogen-bond donors (Lipinski definition) is 8. The van der Waals surface area contributed by atoms with Crippen molar-refractivity contribution >= 4 is 0 Å². The zero-order chi connectivity index (χ0) is 25.1. The summed E-state index contributed by atoms with van der Waals surface area (Å²) in [5.74, 6) is -1.31. The van der Waals surface area contributed by atoms with Gasteiger partial charge in [0.2, 0.25) is 0 Å². The molecule has 0 radical (unpaired) electrons. The van der Waals surface area contributed by atoms with Crippen molar-refractivity contribution < 1.29 is 45.2 Å². The minimum Gasteiger partial charge on any atom is -0.396 e. The van der Waals surface area contributed by atoms with E-state index < -0.39 is 65.6 Å². The molecule has 0 bridgehead atoms. The third-order valence-electron chi connectivity index (χ3n) is 6.75. The van der Waals surface area contributed by atoms with Crippen LogP contribution in [0.1, 0.15) is 73.1 Å². The Balaban J connectivity index is 3.14. The van der Waals surface area contributed by atoms with E-state index in [1.165, 1.54) is 34.6 Å². The lowest BCUT2D eigenvalue weighted by Crippen LogP contribution is -2.57. The fraction of sp³-hybridized carbons (Fsp3) is 1.00. The molecule has 0 aromatic carbocycles. The van der Waals surface area contributed by atoms with Gasteiger partial charge < -0.3 is 40.9 Å². The molecule has 1 aliphatic carbocycles. The van der Waals surface area contributed by atoms with E-state index in [1.807, 2.05) is 0 Å². The number of aliphatic hydroxyl groups is 8. The van der Waals surface area contributed by atoms with E-state index in [0.29, 0.717) is 19.3 Å². The first-order valence-electron chi connectivity index (χ1n) is 11.6. The molecular formula is C23H45FO8. The SMILES string of the molecule is CC(O)C(O)C(C)CC(O)(CC(C)(O)CC(C)(C)O)C(O)C(F)C(O)C1CCC(CO)C1. The smallest absolute Gasteiger partial charge is 0.155 e. The molecule has 192 valence electrons.